The second-order valence-electron chi connectivity index (χ2n) is 6.31. The Kier molecular flexibility index (Phi) is 6.92. The molecule has 2 atom stereocenters. The molecule has 0 unspecified atom stereocenters. The van der Waals surface area contributed by atoms with Crippen LogP contribution >= 0.6 is 23.2 Å². The highest BCUT2D eigenvalue weighted by Gasteiger charge is 2.21. The second-order valence-corrected chi connectivity index (χ2v) is 7.12. The van der Waals surface area contributed by atoms with E-state index in [1.165, 1.54) is 11.1 Å². The molecule has 26 heavy (non-hydrogen) atoms. The first-order chi connectivity index (χ1) is 12.7. The van der Waals surface area contributed by atoms with Crippen LogP contribution in [0, 0.1) is 0 Å². The zero-order valence-electron chi connectivity index (χ0n) is 14.6. The van der Waals surface area contributed by atoms with Crippen LogP contribution in [0.4, 0.5) is 0 Å². The summed E-state index contributed by atoms with van der Waals surface area (Å²) in [5.41, 5.74) is 15.9. The summed E-state index contributed by atoms with van der Waals surface area (Å²) in [6, 6.07) is 11.8. The SMILES string of the molecule is NC[C@@H]1OCCc2c(Cl)cccc21.NC[C@H]1OCCc2c(Cl)cccc21. The van der Waals surface area contributed by atoms with Crippen LogP contribution in [0.2, 0.25) is 10.0 Å². The first-order valence-corrected chi connectivity index (χ1v) is 9.59. The molecule has 0 aromatic heterocycles. The van der Waals surface area contributed by atoms with Gasteiger partial charge in [-0.05, 0) is 47.2 Å². The number of ether oxygens (including phenoxy) is 2. The molecule has 2 aromatic carbocycles. The first-order valence-electron chi connectivity index (χ1n) is 8.83. The van der Waals surface area contributed by atoms with Gasteiger partial charge in [0.05, 0.1) is 25.4 Å². The van der Waals surface area contributed by atoms with Gasteiger partial charge in [0.25, 0.3) is 0 Å². The van der Waals surface area contributed by atoms with Crippen molar-refractivity contribution < 1.29 is 9.47 Å². The van der Waals surface area contributed by atoms with Crippen molar-refractivity contribution in [1.29, 1.82) is 0 Å². The Labute approximate surface area is 164 Å². The fourth-order valence-electron chi connectivity index (χ4n) is 3.46. The number of halogens is 2. The van der Waals surface area contributed by atoms with E-state index in [9.17, 15) is 0 Å². The molecule has 0 fully saturated rings. The maximum absolute atomic E-state index is 6.07. The van der Waals surface area contributed by atoms with Crippen molar-refractivity contribution in [3.05, 3.63) is 68.7 Å². The molecular weight excluding hydrogens is 371 g/mol. The largest absolute Gasteiger partial charge is 0.372 e. The van der Waals surface area contributed by atoms with Crippen molar-refractivity contribution in [3.63, 3.8) is 0 Å². The molecule has 0 saturated heterocycles. The molecular formula is C20H24Cl2N2O2. The average Bonchev–Trinajstić information content (AvgIpc) is 2.68. The predicted octanol–water partition coefficient (Wildman–Crippen LogP) is 3.83. The maximum Gasteiger partial charge on any atom is 0.0950 e. The normalized spacial score (nSPS) is 21.2. The highest BCUT2D eigenvalue weighted by molar-refractivity contribution is 6.31. The van der Waals surface area contributed by atoms with E-state index >= 15 is 0 Å². The van der Waals surface area contributed by atoms with Gasteiger partial charge in [0.15, 0.2) is 0 Å². The summed E-state index contributed by atoms with van der Waals surface area (Å²) in [5, 5.41) is 1.67. The first kappa shape index (κ1) is 19.6. The fourth-order valence-corrected chi connectivity index (χ4v) is 4.01. The molecule has 2 heterocycles. The number of hydrogen-bond donors (Lipinski definition) is 2. The van der Waals surface area contributed by atoms with Crippen LogP contribution in [0.5, 0.6) is 0 Å². The highest BCUT2D eigenvalue weighted by Crippen LogP contribution is 2.31. The number of fused-ring (bicyclic) bond motifs is 2. The summed E-state index contributed by atoms with van der Waals surface area (Å²) in [6.07, 6.45) is 1.85. The minimum atomic E-state index is 0.0300. The number of rotatable bonds is 2. The third-order valence-corrected chi connectivity index (χ3v) is 5.48. The van der Waals surface area contributed by atoms with Gasteiger partial charge >= 0.3 is 0 Å². The summed E-state index contributed by atoms with van der Waals surface area (Å²) in [4.78, 5) is 0. The molecule has 2 aliphatic rings. The highest BCUT2D eigenvalue weighted by atomic mass is 35.5. The number of benzene rings is 2. The Morgan fingerprint density at radius 1 is 0.769 bits per heavy atom. The minimum absolute atomic E-state index is 0.0300. The van der Waals surface area contributed by atoms with E-state index < -0.39 is 0 Å². The smallest absolute Gasteiger partial charge is 0.0950 e. The second kappa shape index (κ2) is 9.18. The van der Waals surface area contributed by atoms with Crippen LogP contribution in [-0.2, 0) is 22.3 Å². The summed E-state index contributed by atoms with van der Waals surface area (Å²) < 4.78 is 11.0. The van der Waals surface area contributed by atoms with Crippen molar-refractivity contribution >= 4 is 23.2 Å². The van der Waals surface area contributed by atoms with E-state index in [1.807, 2.05) is 36.4 Å². The molecule has 140 valence electrons. The average molecular weight is 395 g/mol. The third-order valence-electron chi connectivity index (χ3n) is 4.77. The Hall–Kier alpha value is -1.14. The van der Waals surface area contributed by atoms with E-state index in [2.05, 4.69) is 0 Å². The van der Waals surface area contributed by atoms with Crippen LogP contribution in [-0.4, -0.2) is 26.3 Å². The van der Waals surface area contributed by atoms with Gasteiger partial charge in [-0.15, -0.1) is 0 Å². The van der Waals surface area contributed by atoms with E-state index in [4.69, 9.17) is 44.1 Å². The summed E-state index contributed by atoms with van der Waals surface area (Å²) in [5.74, 6) is 0. The molecule has 4 rings (SSSR count). The molecule has 6 heteroatoms. The van der Waals surface area contributed by atoms with Gasteiger partial charge in [0, 0.05) is 23.1 Å². The van der Waals surface area contributed by atoms with Gasteiger partial charge < -0.3 is 20.9 Å². The monoisotopic (exact) mass is 394 g/mol. The number of nitrogens with two attached hydrogens (primary N) is 2. The Morgan fingerprint density at radius 3 is 1.58 bits per heavy atom. The van der Waals surface area contributed by atoms with Crippen molar-refractivity contribution in [2.75, 3.05) is 26.3 Å². The van der Waals surface area contributed by atoms with Gasteiger partial charge in [-0.25, -0.2) is 0 Å². The van der Waals surface area contributed by atoms with E-state index in [1.54, 1.807) is 0 Å². The van der Waals surface area contributed by atoms with Crippen LogP contribution < -0.4 is 11.5 Å². The van der Waals surface area contributed by atoms with Crippen LogP contribution in [0.25, 0.3) is 0 Å². The summed E-state index contributed by atoms with van der Waals surface area (Å²) >= 11 is 12.1. The topological polar surface area (TPSA) is 70.5 Å². The lowest BCUT2D eigenvalue weighted by atomic mass is 9.97. The van der Waals surface area contributed by atoms with Crippen LogP contribution in [0.15, 0.2) is 36.4 Å². The van der Waals surface area contributed by atoms with Crippen molar-refractivity contribution in [3.8, 4) is 0 Å². The lowest BCUT2D eigenvalue weighted by Gasteiger charge is -2.25. The molecule has 0 radical (unpaired) electrons. The van der Waals surface area contributed by atoms with Gasteiger partial charge in [-0.1, -0.05) is 47.5 Å². The van der Waals surface area contributed by atoms with Gasteiger partial charge in [-0.2, -0.15) is 0 Å². The van der Waals surface area contributed by atoms with Crippen molar-refractivity contribution in [2.24, 2.45) is 11.5 Å². The van der Waals surface area contributed by atoms with Crippen molar-refractivity contribution in [2.45, 2.75) is 25.0 Å². The van der Waals surface area contributed by atoms with Gasteiger partial charge in [0.2, 0.25) is 0 Å². The molecule has 0 aliphatic carbocycles. The van der Waals surface area contributed by atoms with E-state index in [0.29, 0.717) is 13.1 Å². The third kappa shape index (κ3) is 4.22. The maximum atomic E-state index is 6.07. The fraction of sp³-hybridized carbons (Fsp3) is 0.400. The molecule has 2 aliphatic heterocycles. The minimum Gasteiger partial charge on any atom is -0.372 e. The van der Waals surface area contributed by atoms with Crippen LogP contribution in [0.1, 0.15) is 34.5 Å². The summed E-state index contributed by atoms with van der Waals surface area (Å²) in [6.45, 7) is 2.48. The molecule has 0 bridgehead atoms. The van der Waals surface area contributed by atoms with E-state index in [0.717, 1.165) is 47.2 Å². The Morgan fingerprint density at radius 2 is 1.19 bits per heavy atom. The van der Waals surface area contributed by atoms with Gasteiger partial charge in [-0.3, -0.25) is 0 Å². The molecule has 4 nitrogen and oxygen atoms in total. The molecule has 2 aromatic rings. The predicted molar refractivity (Wildman–Crippen MR) is 106 cm³/mol. The Balaban J connectivity index is 0.000000151. The van der Waals surface area contributed by atoms with Gasteiger partial charge in [0.1, 0.15) is 0 Å². The Bertz CT molecular complexity index is 691. The lowest BCUT2D eigenvalue weighted by molar-refractivity contribution is 0.0484. The molecule has 4 N–H and O–H groups in total. The lowest BCUT2D eigenvalue weighted by Crippen LogP contribution is -2.23. The zero-order valence-corrected chi connectivity index (χ0v) is 16.1. The molecule has 0 spiro atoms. The van der Waals surface area contributed by atoms with E-state index in [-0.39, 0.29) is 12.2 Å². The van der Waals surface area contributed by atoms with Crippen LogP contribution in [0.3, 0.4) is 0 Å². The molecule has 0 saturated carbocycles. The number of hydrogen-bond acceptors (Lipinski definition) is 4. The molecule has 0 amide bonds. The summed E-state index contributed by atoms with van der Waals surface area (Å²) in [7, 11) is 0. The quantitative estimate of drug-likeness (QED) is 0.811. The van der Waals surface area contributed by atoms with Crippen molar-refractivity contribution in [1.82, 2.24) is 0 Å². The zero-order chi connectivity index (χ0) is 18.5. The standard InChI is InChI=1S/2C10H12ClNO/c2*11-9-3-1-2-8-7(9)4-5-13-10(8)6-12/h2*1-3,10H,4-6,12H2/t2*10-/m10/s1.